The van der Waals surface area contributed by atoms with Crippen molar-refractivity contribution in [1.29, 1.82) is 0 Å². The van der Waals surface area contributed by atoms with Gasteiger partial charge in [0.25, 0.3) is 0 Å². The zero-order chi connectivity index (χ0) is 14.8. The van der Waals surface area contributed by atoms with Crippen molar-refractivity contribution < 1.29 is 4.39 Å². The SMILES string of the molecule is NC1CCN(c2n[nH]c(Cc3c(F)cccc3Cl)n2)CC1. The number of nitrogens with two attached hydrogens (primary N) is 1. The minimum Gasteiger partial charge on any atom is -0.339 e. The van der Waals surface area contributed by atoms with E-state index < -0.39 is 0 Å². The molecule has 112 valence electrons. The standard InChI is InChI=1S/C14H17ClFN5/c15-11-2-1-3-12(16)10(11)8-13-18-14(20-19-13)21-6-4-9(17)5-7-21/h1-3,9H,4-8,17H2,(H,18,19,20). The first-order chi connectivity index (χ1) is 10.1. The molecule has 1 saturated heterocycles. The van der Waals surface area contributed by atoms with Crippen LogP contribution in [0, 0.1) is 5.82 Å². The van der Waals surface area contributed by atoms with Crippen LogP contribution in [-0.4, -0.2) is 34.3 Å². The quantitative estimate of drug-likeness (QED) is 0.911. The Kier molecular flexibility index (Phi) is 4.07. The number of halogens is 2. The lowest BCUT2D eigenvalue weighted by molar-refractivity contribution is 0.496. The number of anilines is 1. The molecular formula is C14H17ClFN5. The molecule has 1 aliphatic heterocycles. The van der Waals surface area contributed by atoms with Gasteiger partial charge in [-0.2, -0.15) is 4.98 Å². The number of H-pyrrole nitrogens is 1. The Morgan fingerprint density at radius 3 is 2.86 bits per heavy atom. The molecule has 1 fully saturated rings. The van der Waals surface area contributed by atoms with Crippen molar-refractivity contribution >= 4 is 17.5 Å². The number of nitrogens with zero attached hydrogens (tertiary/aromatic N) is 3. The number of rotatable bonds is 3. The molecule has 2 aromatic rings. The highest BCUT2D eigenvalue weighted by molar-refractivity contribution is 6.31. The predicted molar refractivity (Wildman–Crippen MR) is 80.0 cm³/mol. The smallest absolute Gasteiger partial charge is 0.244 e. The zero-order valence-electron chi connectivity index (χ0n) is 11.5. The van der Waals surface area contributed by atoms with Crippen LogP contribution in [0.2, 0.25) is 5.02 Å². The number of benzene rings is 1. The molecule has 0 unspecified atom stereocenters. The molecule has 3 N–H and O–H groups in total. The van der Waals surface area contributed by atoms with Crippen LogP contribution in [0.4, 0.5) is 10.3 Å². The Morgan fingerprint density at radius 1 is 1.38 bits per heavy atom. The molecule has 0 amide bonds. The van der Waals surface area contributed by atoms with Gasteiger partial charge < -0.3 is 10.6 Å². The molecule has 0 bridgehead atoms. The topological polar surface area (TPSA) is 70.8 Å². The zero-order valence-corrected chi connectivity index (χ0v) is 12.3. The summed E-state index contributed by atoms with van der Waals surface area (Å²) in [6.45, 7) is 1.69. The van der Waals surface area contributed by atoms with E-state index in [0.717, 1.165) is 25.9 Å². The van der Waals surface area contributed by atoms with Crippen LogP contribution in [0.15, 0.2) is 18.2 Å². The summed E-state index contributed by atoms with van der Waals surface area (Å²) in [7, 11) is 0. The highest BCUT2D eigenvalue weighted by Crippen LogP contribution is 2.22. The molecule has 1 aromatic heterocycles. The first kappa shape index (κ1) is 14.3. The van der Waals surface area contributed by atoms with Crippen molar-refractivity contribution in [2.75, 3.05) is 18.0 Å². The van der Waals surface area contributed by atoms with E-state index in [4.69, 9.17) is 17.3 Å². The third kappa shape index (κ3) is 3.16. The normalized spacial score (nSPS) is 16.4. The van der Waals surface area contributed by atoms with Gasteiger partial charge in [0, 0.05) is 36.1 Å². The summed E-state index contributed by atoms with van der Waals surface area (Å²) in [5.74, 6) is 0.917. The highest BCUT2D eigenvalue weighted by Gasteiger charge is 2.20. The van der Waals surface area contributed by atoms with Crippen molar-refractivity contribution in [2.24, 2.45) is 5.73 Å². The maximum atomic E-state index is 13.8. The third-order valence-corrected chi connectivity index (χ3v) is 4.10. The van der Waals surface area contributed by atoms with E-state index in [9.17, 15) is 4.39 Å². The fourth-order valence-corrected chi connectivity index (χ4v) is 2.70. The van der Waals surface area contributed by atoms with Crippen LogP contribution in [0.3, 0.4) is 0 Å². The van der Waals surface area contributed by atoms with Gasteiger partial charge in [0.2, 0.25) is 5.95 Å². The van der Waals surface area contributed by atoms with Crippen LogP contribution in [0.5, 0.6) is 0 Å². The van der Waals surface area contributed by atoms with Crippen molar-refractivity contribution in [3.63, 3.8) is 0 Å². The molecule has 21 heavy (non-hydrogen) atoms. The molecule has 5 nitrogen and oxygen atoms in total. The summed E-state index contributed by atoms with van der Waals surface area (Å²) >= 11 is 6.02. The average Bonchev–Trinajstić information content (AvgIpc) is 2.92. The summed E-state index contributed by atoms with van der Waals surface area (Å²) in [5, 5.41) is 7.46. The number of nitrogens with one attached hydrogen (secondary N) is 1. The number of piperidine rings is 1. The Labute approximate surface area is 127 Å². The van der Waals surface area contributed by atoms with Crippen LogP contribution in [0.25, 0.3) is 0 Å². The summed E-state index contributed by atoms with van der Waals surface area (Å²) in [4.78, 5) is 6.52. The monoisotopic (exact) mass is 309 g/mol. The fourth-order valence-electron chi connectivity index (χ4n) is 2.47. The third-order valence-electron chi connectivity index (χ3n) is 3.75. The molecule has 1 aromatic carbocycles. The van der Waals surface area contributed by atoms with Gasteiger partial charge in [-0.3, -0.25) is 5.10 Å². The van der Waals surface area contributed by atoms with E-state index in [0.29, 0.717) is 28.8 Å². The van der Waals surface area contributed by atoms with Gasteiger partial charge in [-0.15, -0.1) is 5.10 Å². The fraction of sp³-hybridized carbons (Fsp3) is 0.429. The molecule has 1 aliphatic rings. The van der Waals surface area contributed by atoms with Crippen LogP contribution in [0.1, 0.15) is 24.2 Å². The summed E-state index contributed by atoms with van der Waals surface area (Å²) in [5.41, 5.74) is 6.32. The Hall–Kier alpha value is -1.66. The number of aromatic nitrogens is 3. The highest BCUT2D eigenvalue weighted by atomic mass is 35.5. The number of hydrogen-bond donors (Lipinski definition) is 2. The Morgan fingerprint density at radius 2 is 2.14 bits per heavy atom. The molecule has 7 heteroatoms. The first-order valence-corrected chi connectivity index (χ1v) is 7.36. The molecule has 2 heterocycles. The van der Waals surface area contributed by atoms with Gasteiger partial charge in [0.05, 0.1) is 0 Å². The largest absolute Gasteiger partial charge is 0.339 e. The minimum absolute atomic E-state index is 0.261. The lowest BCUT2D eigenvalue weighted by Crippen LogP contribution is -2.40. The molecule has 3 rings (SSSR count). The van der Waals surface area contributed by atoms with Crippen LogP contribution in [-0.2, 0) is 6.42 Å². The second-order valence-electron chi connectivity index (χ2n) is 5.28. The van der Waals surface area contributed by atoms with Crippen molar-refractivity contribution in [3.05, 3.63) is 40.4 Å². The summed E-state index contributed by atoms with van der Waals surface area (Å²) in [6.07, 6.45) is 2.16. The number of aromatic amines is 1. The molecule has 0 spiro atoms. The molecule has 0 atom stereocenters. The van der Waals surface area contributed by atoms with Crippen LogP contribution >= 0.6 is 11.6 Å². The molecule has 0 saturated carbocycles. The van der Waals surface area contributed by atoms with E-state index in [2.05, 4.69) is 20.1 Å². The van der Waals surface area contributed by atoms with Gasteiger partial charge in [0.1, 0.15) is 11.6 Å². The lowest BCUT2D eigenvalue weighted by atomic mass is 10.1. The van der Waals surface area contributed by atoms with Crippen molar-refractivity contribution in [3.8, 4) is 0 Å². The second kappa shape index (κ2) is 5.99. The van der Waals surface area contributed by atoms with Gasteiger partial charge in [-0.05, 0) is 25.0 Å². The van der Waals surface area contributed by atoms with Crippen LogP contribution < -0.4 is 10.6 Å². The van der Waals surface area contributed by atoms with E-state index in [-0.39, 0.29) is 11.9 Å². The van der Waals surface area contributed by atoms with E-state index in [1.807, 2.05) is 0 Å². The Bertz CT molecular complexity index is 601. The van der Waals surface area contributed by atoms with Crippen molar-refractivity contribution in [1.82, 2.24) is 15.2 Å². The summed E-state index contributed by atoms with van der Waals surface area (Å²) in [6, 6.07) is 4.91. The first-order valence-electron chi connectivity index (χ1n) is 6.98. The van der Waals surface area contributed by atoms with E-state index in [1.165, 1.54) is 6.07 Å². The molecule has 0 radical (unpaired) electrons. The van der Waals surface area contributed by atoms with Gasteiger partial charge >= 0.3 is 0 Å². The van der Waals surface area contributed by atoms with Gasteiger partial charge in [-0.1, -0.05) is 17.7 Å². The minimum atomic E-state index is -0.329. The predicted octanol–water partition coefficient (Wildman–Crippen LogP) is 2.12. The van der Waals surface area contributed by atoms with Gasteiger partial charge in [0.15, 0.2) is 0 Å². The maximum absolute atomic E-state index is 13.8. The number of hydrogen-bond acceptors (Lipinski definition) is 4. The van der Waals surface area contributed by atoms with Gasteiger partial charge in [-0.25, -0.2) is 4.39 Å². The summed E-state index contributed by atoms with van der Waals surface area (Å²) < 4.78 is 13.8. The van der Waals surface area contributed by atoms with Crippen molar-refractivity contribution in [2.45, 2.75) is 25.3 Å². The average molecular weight is 310 g/mol. The Balaban J connectivity index is 1.73. The van der Waals surface area contributed by atoms with E-state index in [1.54, 1.807) is 12.1 Å². The molecular weight excluding hydrogens is 293 g/mol. The van der Waals surface area contributed by atoms with E-state index >= 15 is 0 Å². The second-order valence-corrected chi connectivity index (χ2v) is 5.69. The lowest BCUT2D eigenvalue weighted by Gasteiger charge is -2.28. The maximum Gasteiger partial charge on any atom is 0.244 e. The molecule has 0 aliphatic carbocycles.